The number of aromatic nitrogens is 3. The molecule has 1 aliphatic rings. The maximum Gasteiger partial charge on any atom is 0.124 e. The summed E-state index contributed by atoms with van der Waals surface area (Å²) < 4.78 is 2.04. The summed E-state index contributed by atoms with van der Waals surface area (Å²) in [5.41, 5.74) is 1.16. The standard InChI is InChI=1S/C14H21N5S/c1-9(14-10(2)18-11(3)20-14)15-6-12-7-16-13-4-5-17-19(13)8-12/h4-5,9,12,15-16H,6-8H2,1-3H3. The molecule has 0 radical (unpaired) electrons. The zero-order valence-corrected chi connectivity index (χ0v) is 13.0. The molecule has 2 atom stereocenters. The van der Waals surface area contributed by atoms with E-state index >= 15 is 0 Å². The van der Waals surface area contributed by atoms with Gasteiger partial charge in [-0.3, -0.25) is 0 Å². The maximum atomic E-state index is 4.50. The van der Waals surface area contributed by atoms with Crippen molar-refractivity contribution in [2.75, 3.05) is 18.4 Å². The molecule has 0 amide bonds. The Morgan fingerprint density at radius 1 is 1.55 bits per heavy atom. The highest BCUT2D eigenvalue weighted by molar-refractivity contribution is 7.11. The molecule has 0 bridgehead atoms. The molecule has 5 nitrogen and oxygen atoms in total. The van der Waals surface area contributed by atoms with E-state index in [1.165, 1.54) is 4.88 Å². The monoisotopic (exact) mass is 291 g/mol. The number of rotatable bonds is 4. The molecule has 6 heteroatoms. The minimum Gasteiger partial charge on any atom is -0.370 e. The molecule has 0 spiro atoms. The average Bonchev–Trinajstić information content (AvgIpc) is 3.01. The second-order valence-electron chi connectivity index (χ2n) is 5.46. The molecule has 0 fully saturated rings. The van der Waals surface area contributed by atoms with E-state index in [1.54, 1.807) is 11.3 Å². The Kier molecular flexibility index (Phi) is 3.76. The second-order valence-corrected chi connectivity index (χ2v) is 6.69. The van der Waals surface area contributed by atoms with Crippen molar-refractivity contribution in [2.45, 2.75) is 33.4 Å². The average molecular weight is 291 g/mol. The van der Waals surface area contributed by atoms with E-state index in [9.17, 15) is 0 Å². The first-order chi connectivity index (χ1) is 9.63. The van der Waals surface area contributed by atoms with Crippen molar-refractivity contribution in [2.24, 2.45) is 5.92 Å². The van der Waals surface area contributed by atoms with Crippen LogP contribution in [0.25, 0.3) is 0 Å². The fourth-order valence-electron chi connectivity index (χ4n) is 2.71. The lowest BCUT2D eigenvalue weighted by Gasteiger charge is -2.26. The first kappa shape index (κ1) is 13.6. The van der Waals surface area contributed by atoms with Crippen LogP contribution in [0.2, 0.25) is 0 Å². The molecule has 0 aromatic carbocycles. The summed E-state index contributed by atoms with van der Waals surface area (Å²) in [7, 11) is 0. The predicted molar refractivity (Wildman–Crippen MR) is 82.2 cm³/mol. The Morgan fingerprint density at radius 3 is 3.15 bits per heavy atom. The summed E-state index contributed by atoms with van der Waals surface area (Å²) in [4.78, 5) is 5.85. The Balaban J connectivity index is 1.56. The quantitative estimate of drug-likeness (QED) is 0.908. The zero-order valence-electron chi connectivity index (χ0n) is 12.2. The van der Waals surface area contributed by atoms with Gasteiger partial charge in [-0.2, -0.15) is 5.10 Å². The lowest BCUT2D eigenvalue weighted by atomic mass is 10.1. The molecule has 0 saturated carbocycles. The molecule has 3 heterocycles. The van der Waals surface area contributed by atoms with Crippen LogP contribution < -0.4 is 10.6 Å². The number of hydrogen-bond donors (Lipinski definition) is 2. The van der Waals surface area contributed by atoms with Crippen molar-refractivity contribution in [3.05, 3.63) is 27.8 Å². The predicted octanol–water partition coefficient (Wildman–Crippen LogP) is 2.35. The number of thiazole rings is 1. The zero-order chi connectivity index (χ0) is 14.1. The Morgan fingerprint density at radius 2 is 2.40 bits per heavy atom. The third-order valence-electron chi connectivity index (χ3n) is 3.76. The van der Waals surface area contributed by atoms with Crippen LogP contribution in [0.3, 0.4) is 0 Å². The summed E-state index contributed by atoms with van der Waals surface area (Å²) >= 11 is 1.79. The van der Waals surface area contributed by atoms with Gasteiger partial charge in [0.05, 0.1) is 16.9 Å². The van der Waals surface area contributed by atoms with E-state index in [4.69, 9.17) is 0 Å². The molecule has 2 aromatic heterocycles. The third kappa shape index (κ3) is 2.71. The van der Waals surface area contributed by atoms with Gasteiger partial charge in [0.1, 0.15) is 5.82 Å². The van der Waals surface area contributed by atoms with Crippen LogP contribution in [0, 0.1) is 19.8 Å². The molecular weight excluding hydrogens is 270 g/mol. The molecule has 0 aliphatic carbocycles. The van der Waals surface area contributed by atoms with Crippen molar-refractivity contribution < 1.29 is 0 Å². The first-order valence-electron chi connectivity index (χ1n) is 7.06. The minimum absolute atomic E-state index is 0.361. The van der Waals surface area contributed by atoms with Gasteiger partial charge < -0.3 is 10.6 Å². The summed E-state index contributed by atoms with van der Waals surface area (Å²) in [6, 6.07) is 2.38. The number of nitrogens with zero attached hydrogens (tertiary/aromatic N) is 3. The molecule has 2 unspecified atom stereocenters. The summed E-state index contributed by atoms with van der Waals surface area (Å²) in [6.07, 6.45) is 1.85. The Bertz CT molecular complexity index is 588. The fourth-order valence-corrected chi connectivity index (χ4v) is 3.66. The number of nitrogens with one attached hydrogen (secondary N) is 2. The largest absolute Gasteiger partial charge is 0.370 e. The number of aryl methyl sites for hydroxylation is 2. The van der Waals surface area contributed by atoms with Gasteiger partial charge in [0.15, 0.2) is 0 Å². The van der Waals surface area contributed by atoms with Crippen LogP contribution in [0.15, 0.2) is 12.3 Å². The molecule has 2 aromatic rings. The van der Waals surface area contributed by atoms with Crippen LogP contribution >= 0.6 is 11.3 Å². The highest BCUT2D eigenvalue weighted by atomic mass is 32.1. The van der Waals surface area contributed by atoms with Crippen molar-refractivity contribution in [1.29, 1.82) is 0 Å². The summed E-state index contributed by atoms with van der Waals surface area (Å²) in [5.74, 6) is 1.70. The Labute approximate surface area is 123 Å². The van der Waals surface area contributed by atoms with Gasteiger partial charge in [0.2, 0.25) is 0 Å². The van der Waals surface area contributed by atoms with E-state index < -0.39 is 0 Å². The number of hydrogen-bond acceptors (Lipinski definition) is 5. The Hall–Kier alpha value is -1.40. The fraction of sp³-hybridized carbons (Fsp3) is 0.571. The smallest absolute Gasteiger partial charge is 0.124 e. The van der Waals surface area contributed by atoms with Crippen molar-refractivity contribution in [1.82, 2.24) is 20.1 Å². The molecule has 108 valence electrons. The van der Waals surface area contributed by atoms with E-state index in [0.717, 1.165) is 36.2 Å². The second kappa shape index (κ2) is 5.54. The number of anilines is 1. The normalized spacial score (nSPS) is 19.4. The van der Waals surface area contributed by atoms with Gasteiger partial charge >= 0.3 is 0 Å². The van der Waals surface area contributed by atoms with Crippen LogP contribution in [0.1, 0.15) is 28.5 Å². The van der Waals surface area contributed by atoms with Crippen LogP contribution in [0.5, 0.6) is 0 Å². The van der Waals surface area contributed by atoms with Gasteiger partial charge in [-0.05, 0) is 20.8 Å². The van der Waals surface area contributed by atoms with E-state index in [1.807, 2.05) is 16.9 Å². The van der Waals surface area contributed by atoms with Crippen molar-refractivity contribution in [3.63, 3.8) is 0 Å². The first-order valence-corrected chi connectivity index (χ1v) is 7.88. The highest BCUT2D eigenvalue weighted by Crippen LogP contribution is 2.25. The van der Waals surface area contributed by atoms with Crippen LogP contribution in [-0.2, 0) is 6.54 Å². The molecule has 0 saturated heterocycles. The topological polar surface area (TPSA) is 54.8 Å². The number of fused-ring (bicyclic) bond motifs is 1. The van der Waals surface area contributed by atoms with Gasteiger partial charge in [0, 0.05) is 42.5 Å². The summed E-state index contributed by atoms with van der Waals surface area (Å²) in [6.45, 7) is 9.36. The van der Waals surface area contributed by atoms with E-state index in [2.05, 4.69) is 41.5 Å². The van der Waals surface area contributed by atoms with Gasteiger partial charge in [-0.15, -0.1) is 11.3 Å². The highest BCUT2D eigenvalue weighted by Gasteiger charge is 2.20. The molecule has 2 N–H and O–H groups in total. The molecular formula is C14H21N5S. The van der Waals surface area contributed by atoms with Crippen LogP contribution in [-0.4, -0.2) is 27.9 Å². The molecule has 1 aliphatic heterocycles. The summed E-state index contributed by atoms with van der Waals surface area (Å²) in [5, 5.41) is 12.5. The van der Waals surface area contributed by atoms with Crippen molar-refractivity contribution in [3.8, 4) is 0 Å². The molecule has 3 rings (SSSR count). The van der Waals surface area contributed by atoms with Crippen LogP contribution in [0.4, 0.5) is 5.82 Å². The van der Waals surface area contributed by atoms with Crippen molar-refractivity contribution >= 4 is 17.2 Å². The van der Waals surface area contributed by atoms with E-state index in [-0.39, 0.29) is 0 Å². The van der Waals surface area contributed by atoms with E-state index in [0.29, 0.717) is 12.0 Å². The molecule has 20 heavy (non-hydrogen) atoms. The van der Waals surface area contributed by atoms with Gasteiger partial charge in [-0.1, -0.05) is 0 Å². The SMILES string of the molecule is Cc1nc(C)c(C(C)NCC2CNc3ccnn3C2)s1. The van der Waals surface area contributed by atoms with Gasteiger partial charge in [0.25, 0.3) is 0 Å². The minimum atomic E-state index is 0.361. The van der Waals surface area contributed by atoms with Gasteiger partial charge in [-0.25, -0.2) is 9.67 Å². The lowest BCUT2D eigenvalue weighted by Crippen LogP contribution is -2.36. The maximum absolute atomic E-state index is 4.50. The lowest BCUT2D eigenvalue weighted by molar-refractivity contribution is 0.377. The third-order valence-corrected chi connectivity index (χ3v) is 5.02.